The monoisotopic (exact) mass is 272 g/mol. The summed E-state index contributed by atoms with van der Waals surface area (Å²) >= 11 is 0.982. The van der Waals surface area contributed by atoms with Gasteiger partial charge in [-0.25, -0.2) is 0 Å². The summed E-state index contributed by atoms with van der Waals surface area (Å²) in [6.07, 6.45) is 0. The predicted octanol–water partition coefficient (Wildman–Crippen LogP) is 0.567. The Hall–Kier alpha value is -0.128. The molecule has 0 aliphatic heterocycles. The Kier molecular flexibility index (Phi) is 2.90. The normalized spacial score (nSPS) is 7.71. The zero-order chi connectivity index (χ0) is 5.86. The summed E-state index contributed by atoms with van der Waals surface area (Å²) in [6, 6.07) is 0. The van der Waals surface area contributed by atoms with Gasteiger partial charge in [0.2, 0.25) is 0 Å². The summed E-state index contributed by atoms with van der Waals surface area (Å²) in [5.74, 6) is -0.323. The third kappa shape index (κ3) is 2.55. The molecule has 0 bridgehead atoms. The first-order valence-electron chi connectivity index (χ1n) is 1.67. The fourth-order valence-electron chi connectivity index (χ4n) is 0.0659. The van der Waals surface area contributed by atoms with E-state index in [1.807, 2.05) is 0 Å². The van der Waals surface area contributed by atoms with Crippen molar-refractivity contribution < 1.29 is 27.8 Å². The van der Waals surface area contributed by atoms with Gasteiger partial charge in [0.1, 0.15) is 0 Å². The van der Waals surface area contributed by atoms with Gasteiger partial charge < -0.3 is 0 Å². The van der Waals surface area contributed by atoms with Crippen molar-refractivity contribution in [3.05, 3.63) is 12.2 Å². The van der Waals surface area contributed by atoms with E-state index in [1.165, 1.54) is 0 Å². The molecule has 0 heterocycles. The molecular formula is C4H5O2Re. The molecule has 2 nitrogen and oxygen atoms in total. The standard InChI is InChI=1S/C4H6O2.Re/c1-3(2)4(5)6;/h1H2,2H3,(H,5,6);/q;+1/p-1. The number of rotatable bonds is 1. The van der Waals surface area contributed by atoms with E-state index in [4.69, 9.17) is 0 Å². The van der Waals surface area contributed by atoms with Gasteiger partial charge in [-0.3, -0.25) is 0 Å². The predicted molar refractivity (Wildman–Crippen MR) is 20.9 cm³/mol. The van der Waals surface area contributed by atoms with Gasteiger partial charge in [0, 0.05) is 0 Å². The van der Waals surface area contributed by atoms with E-state index >= 15 is 0 Å². The molecule has 0 amide bonds. The maximum absolute atomic E-state index is 10.2. The van der Waals surface area contributed by atoms with Crippen LogP contribution in [-0.2, 0) is 27.8 Å². The van der Waals surface area contributed by atoms with Gasteiger partial charge in [-0.2, -0.15) is 0 Å². The first-order chi connectivity index (χ1) is 3.18. The first kappa shape index (κ1) is 6.87. The van der Waals surface area contributed by atoms with Crippen LogP contribution in [0.5, 0.6) is 0 Å². The molecule has 0 unspecified atom stereocenters. The van der Waals surface area contributed by atoms with Crippen LogP contribution >= 0.6 is 0 Å². The van der Waals surface area contributed by atoms with Crippen LogP contribution < -0.4 is 0 Å². The van der Waals surface area contributed by atoms with Gasteiger partial charge in [0.05, 0.1) is 0 Å². The summed E-state index contributed by atoms with van der Waals surface area (Å²) in [5.41, 5.74) is 0.447. The molecule has 0 aliphatic carbocycles. The number of carbonyl (C=O) groups excluding carboxylic acids is 1. The van der Waals surface area contributed by atoms with Crippen LogP contribution in [0.2, 0.25) is 0 Å². The van der Waals surface area contributed by atoms with E-state index in [0.717, 1.165) is 19.6 Å². The Balaban J connectivity index is 3.58. The molecular weight excluding hydrogens is 266 g/mol. The SMILES string of the molecule is C=C(C)C(=O)[O][Re]. The van der Waals surface area contributed by atoms with E-state index < -0.39 is 0 Å². The Labute approximate surface area is 53.4 Å². The fourth-order valence-corrected chi connectivity index (χ4v) is 0.539. The number of hydrogen-bond acceptors (Lipinski definition) is 2. The molecule has 0 saturated carbocycles. The molecule has 0 aromatic rings. The van der Waals surface area contributed by atoms with Crippen molar-refractivity contribution >= 4 is 5.97 Å². The van der Waals surface area contributed by atoms with Crippen molar-refractivity contribution in [2.75, 3.05) is 0 Å². The van der Waals surface area contributed by atoms with Gasteiger partial charge in [-0.1, -0.05) is 0 Å². The van der Waals surface area contributed by atoms with Gasteiger partial charge >= 0.3 is 52.9 Å². The van der Waals surface area contributed by atoms with Gasteiger partial charge in [0.25, 0.3) is 0 Å². The van der Waals surface area contributed by atoms with E-state index in [-0.39, 0.29) is 5.97 Å². The molecule has 0 radical (unpaired) electrons. The Morgan fingerprint density at radius 2 is 2.29 bits per heavy atom. The molecule has 0 atom stereocenters. The number of hydrogen-bond donors (Lipinski definition) is 0. The zero-order valence-corrected chi connectivity index (χ0v) is 6.62. The summed E-state index contributed by atoms with van der Waals surface area (Å²) in [7, 11) is 0. The van der Waals surface area contributed by atoms with Crippen molar-refractivity contribution in [2.24, 2.45) is 0 Å². The van der Waals surface area contributed by atoms with Gasteiger partial charge in [-0.15, -0.1) is 0 Å². The summed E-state index contributed by atoms with van der Waals surface area (Å²) < 4.78 is 4.33. The average Bonchev–Trinajstić information content (AvgIpc) is 1.65. The number of carbonyl (C=O) groups is 1. The molecule has 0 aromatic heterocycles. The second-order valence-electron chi connectivity index (χ2n) is 1.14. The van der Waals surface area contributed by atoms with Crippen LogP contribution in [-0.4, -0.2) is 5.97 Å². The molecule has 40 valence electrons. The van der Waals surface area contributed by atoms with Crippen LogP contribution in [0.15, 0.2) is 12.2 Å². The van der Waals surface area contributed by atoms with Crippen molar-refractivity contribution in [1.29, 1.82) is 0 Å². The van der Waals surface area contributed by atoms with Crippen molar-refractivity contribution in [3.8, 4) is 0 Å². The zero-order valence-electron chi connectivity index (χ0n) is 3.90. The van der Waals surface area contributed by atoms with Crippen LogP contribution in [0.4, 0.5) is 0 Å². The second-order valence-corrected chi connectivity index (χ2v) is 1.70. The van der Waals surface area contributed by atoms with E-state index in [9.17, 15) is 4.79 Å². The quantitative estimate of drug-likeness (QED) is 0.652. The minimum atomic E-state index is -0.323. The van der Waals surface area contributed by atoms with Crippen molar-refractivity contribution in [1.82, 2.24) is 0 Å². The maximum atomic E-state index is 10.2. The van der Waals surface area contributed by atoms with Crippen LogP contribution in [0.3, 0.4) is 0 Å². The minimum absolute atomic E-state index is 0.323. The molecule has 7 heavy (non-hydrogen) atoms. The van der Waals surface area contributed by atoms with E-state index in [0.29, 0.717) is 5.57 Å². The van der Waals surface area contributed by atoms with Crippen LogP contribution in [0.1, 0.15) is 6.92 Å². The Bertz CT molecular complexity index is 97.9. The fraction of sp³-hybridized carbons (Fsp3) is 0.250. The van der Waals surface area contributed by atoms with Gasteiger partial charge in [0.15, 0.2) is 0 Å². The van der Waals surface area contributed by atoms with Gasteiger partial charge in [-0.05, 0) is 0 Å². The Morgan fingerprint density at radius 3 is 2.29 bits per heavy atom. The third-order valence-electron chi connectivity index (χ3n) is 0.419. The third-order valence-corrected chi connectivity index (χ3v) is 0.922. The van der Waals surface area contributed by atoms with Crippen LogP contribution in [0, 0.1) is 0 Å². The first-order valence-corrected chi connectivity index (χ1v) is 2.77. The summed E-state index contributed by atoms with van der Waals surface area (Å²) in [6.45, 7) is 4.97. The molecule has 0 spiro atoms. The second kappa shape index (κ2) is 2.95. The summed E-state index contributed by atoms with van der Waals surface area (Å²) in [5, 5.41) is 0. The Morgan fingerprint density at radius 1 is 1.86 bits per heavy atom. The van der Waals surface area contributed by atoms with E-state index in [2.05, 4.69) is 10.0 Å². The molecule has 0 aliphatic rings. The summed E-state index contributed by atoms with van der Waals surface area (Å²) in [4.78, 5) is 10.2. The molecule has 0 aromatic carbocycles. The van der Waals surface area contributed by atoms with E-state index in [1.54, 1.807) is 6.92 Å². The topological polar surface area (TPSA) is 26.3 Å². The van der Waals surface area contributed by atoms with Crippen molar-refractivity contribution in [3.63, 3.8) is 0 Å². The van der Waals surface area contributed by atoms with Crippen LogP contribution in [0.25, 0.3) is 0 Å². The molecule has 0 fully saturated rings. The molecule has 0 saturated heterocycles. The molecule has 3 heteroatoms. The molecule has 0 N–H and O–H groups in total. The molecule has 0 rings (SSSR count). The van der Waals surface area contributed by atoms with Crippen molar-refractivity contribution in [2.45, 2.75) is 6.92 Å². The average molecular weight is 271 g/mol.